The highest BCUT2D eigenvalue weighted by molar-refractivity contribution is 5.86. The van der Waals surface area contributed by atoms with Crippen molar-refractivity contribution in [3.05, 3.63) is 24.2 Å². The van der Waals surface area contributed by atoms with E-state index < -0.39 is 23.4 Å². The van der Waals surface area contributed by atoms with Crippen LogP contribution in [0.2, 0.25) is 0 Å². The standard InChI is InChI=1S/C13H17NO5/c1-13(18,10-3-2-6-19-10)7-14-11(15)8-4-5-9(8)12(16)17/h2-3,6,8-9,18H,4-5,7H2,1H3,(H,14,15)(H,16,17). The molecule has 0 saturated heterocycles. The molecular formula is C13H17NO5. The molecule has 1 saturated carbocycles. The van der Waals surface area contributed by atoms with Gasteiger partial charge in [0.15, 0.2) is 0 Å². The van der Waals surface area contributed by atoms with Crippen LogP contribution in [0.4, 0.5) is 0 Å². The average molecular weight is 267 g/mol. The Kier molecular flexibility index (Phi) is 3.61. The predicted molar refractivity (Wildman–Crippen MR) is 65.1 cm³/mol. The van der Waals surface area contributed by atoms with Gasteiger partial charge in [-0.05, 0) is 31.9 Å². The van der Waals surface area contributed by atoms with Gasteiger partial charge in [-0.15, -0.1) is 0 Å². The second kappa shape index (κ2) is 5.05. The summed E-state index contributed by atoms with van der Waals surface area (Å²) in [6, 6.07) is 3.27. The van der Waals surface area contributed by atoms with Crippen LogP contribution in [-0.4, -0.2) is 28.6 Å². The molecule has 1 amide bonds. The molecule has 3 unspecified atom stereocenters. The summed E-state index contributed by atoms with van der Waals surface area (Å²) in [5, 5.41) is 21.6. The number of hydrogen-bond acceptors (Lipinski definition) is 4. The summed E-state index contributed by atoms with van der Waals surface area (Å²) in [5.41, 5.74) is -1.30. The highest BCUT2D eigenvalue weighted by Gasteiger charge is 2.41. The zero-order valence-electron chi connectivity index (χ0n) is 10.6. The summed E-state index contributed by atoms with van der Waals surface area (Å²) in [4.78, 5) is 22.7. The van der Waals surface area contributed by atoms with Gasteiger partial charge in [0.1, 0.15) is 11.4 Å². The van der Waals surface area contributed by atoms with Gasteiger partial charge in [0, 0.05) is 0 Å². The van der Waals surface area contributed by atoms with E-state index in [0.29, 0.717) is 18.6 Å². The topological polar surface area (TPSA) is 99.8 Å². The summed E-state index contributed by atoms with van der Waals surface area (Å²) in [7, 11) is 0. The second-order valence-electron chi connectivity index (χ2n) is 5.10. The number of aliphatic hydroxyl groups is 1. The van der Waals surface area contributed by atoms with Gasteiger partial charge in [0.2, 0.25) is 5.91 Å². The molecule has 6 nitrogen and oxygen atoms in total. The van der Waals surface area contributed by atoms with Gasteiger partial charge in [0.05, 0.1) is 24.6 Å². The third kappa shape index (κ3) is 2.78. The van der Waals surface area contributed by atoms with E-state index in [1.165, 1.54) is 13.2 Å². The Bertz CT molecular complexity index is 465. The van der Waals surface area contributed by atoms with Crippen LogP contribution in [0.1, 0.15) is 25.5 Å². The number of rotatable bonds is 5. The summed E-state index contributed by atoms with van der Waals surface area (Å²) < 4.78 is 5.10. The fourth-order valence-corrected chi connectivity index (χ4v) is 2.17. The Morgan fingerprint density at radius 3 is 2.63 bits per heavy atom. The summed E-state index contributed by atoms with van der Waals surface area (Å²) >= 11 is 0. The molecule has 1 aliphatic carbocycles. The van der Waals surface area contributed by atoms with Crippen molar-refractivity contribution in [3.63, 3.8) is 0 Å². The summed E-state index contributed by atoms with van der Waals surface area (Å²) in [5.74, 6) is -2.01. The number of nitrogens with one attached hydrogen (secondary N) is 1. The van der Waals surface area contributed by atoms with E-state index in [-0.39, 0.29) is 12.5 Å². The first-order valence-electron chi connectivity index (χ1n) is 6.18. The van der Waals surface area contributed by atoms with Crippen molar-refractivity contribution in [1.29, 1.82) is 0 Å². The Morgan fingerprint density at radius 1 is 1.47 bits per heavy atom. The summed E-state index contributed by atoms with van der Waals surface area (Å²) in [6.45, 7) is 1.52. The fraction of sp³-hybridized carbons (Fsp3) is 0.538. The van der Waals surface area contributed by atoms with Crippen LogP contribution >= 0.6 is 0 Å². The first-order valence-corrected chi connectivity index (χ1v) is 6.18. The van der Waals surface area contributed by atoms with Crippen molar-refractivity contribution in [2.75, 3.05) is 6.54 Å². The molecule has 6 heteroatoms. The van der Waals surface area contributed by atoms with Gasteiger partial charge >= 0.3 is 5.97 Å². The quantitative estimate of drug-likeness (QED) is 0.729. The van der Waals surface area contributed by atoms with Crippen molar-refractivity contribution >= 4 is 11.9 Å². The van der Waals surface area contributed by atoms with Crippen molar-refractivity contribution in [3.8, 4) is 0 Å². The number of carbonyl (C=O) groups excluding carboxylic acids is 1. The van der Waals surface area contributed by atoms with E-state index in [1.807, 2.05) is 0 Å². The van der Waals surface area contributed by atoms with Crippen molar-refractivity contribution in [2.45, 2.75) is 25.4 Å². The van der Waals surface area contributed by atoms with Crippen molar-refractivity contribution in [2.24, 2.45) is 11.8 Å². The first-order chi connectivity index (χ1) is 8.92. The minimum atomic E-state index is -1.30. The molecule has 0 aliphatic heterocycles. The Balaban J connectivity index is 1.89. The highest BCUT2D eigenvalue weighted by Crippen LogP contribution is 2.34. The average Bonchev–Trinajstić information content (AvgIpc) is 2.78. The molecule has 1 heterocycles. The highest BCUT2D eigenvalue weighted by atomic mass is 16.4. The third-order valence-corrected chi connectivity index (χ3v) is 3.59. The smallest absolute Gasteiger partial charge is 0.307 e. The monoisotopic (exact) mass is 267 g/mol. The van der Waals surface area contributed by atoms with Crippen LogP contribution in [0.15, 0.2) is 22.8 Å². The van der Waals surface area contributed by atoms with Gasteiger partial charge in [-0.1, -0.05) is 0 Å². The van der Waals surface area contributed by atoms with Crippen LogP contribution < -0.4 is 5.32 Å². The van der Waals surface area contributed by atoms with Crippen LogP contribution in [0.5, 0.6) is 0 Å². The molecule has 0 radical (unpaired) electrons. The molecule has 0 aromatic carbocycles. The van der Waals surface area contributed by atoms with Gasteiger partial charge in [-0.2, -0.15) is 0 Å². The van der Waals surface area contributed by atoms with E-state index in [1.54, 1.807) is 12.1 Å². The lowest BCUT2D eigenvalue weighted by atomic mass is 9.73. The number of carboxylic acids is 1. The van der Waals surface area contributed by atoms with Gasteiger partial charge < -0.3 is 19.9 Å². The fourth-order valence-electron chi connectivity index (χ4n) is 2.17. The number of carboxylic acid groups (broad SMARTS) is 1. The van der Waals surface area contributed by atoms with E-state index in [9.17, 15) is 14.7 Å². The van der Waals surface area contributed by atoms with Crippen LogP contribution in [-0.2, 0) is 15.2 Å². The molecule has 1 aromatic rings. The molecule has 1 fully saturated rings. The normalized spacial score (nSPS) is 25.2. The molecule has 104 valence electrons. The maximum absolute atomic E-state index is 11.8. The maximum atomic E-state index is 11.8. The Labute approximate surface area is 110 Å². The number of amides is 1. The maximum Gasteiger partial charge on any atom is 0.307 e. The predicted octanol–water partition coefficient (Wildman–Crippen LogP) is 0.714. The zero-order valence-corrected chi connectivity index (χ0v) is 10.6. The minimum Gasteiger partial charge on any atom is -0.481 e. The number of hydrogen-bond donors (Lipinski definition) is 3. The van der Waals surface area contributed by atoms with Gasteiger partial charge in [-0.25, -0.2) is 0 Å². The number of furan rings is 1. The van der Waals surface area contributed by atoms with Crippen LogP contribution in [0.25, 0.3) is 0 Å². The molecule has 1 aromatic heterocycles. The lowest BCUT2D eigenvalue weighted by Crippen LogP contribution is -2.47. The lowest BCUT2D eigenvalue weighted by molar-refractivity contribution is -0.153. The molecule has 2 rings (SSSR count). The molecule has 3 N–H and O–H groups in total. The van der Waals surface area contributed by atoms with E-state index in [0.717, 1.165) is 0 Å². The van der Waals surface area contributed by atoms with E-state index >= 15 is 0 Å². The second-order valence-corrected chi connectivity index (χ2v) is 5.10. The minimum absolute atomic E-state index is 0.0117. The Morgan fingerprint density at radius 2 is 2.16 bits per heavy atom. The zero-order chi connectivity index (χ0) is 14.0. The largest absolute Gasteiger partial charge is 0.481 e. The summed E-state index contributed by atoms with van der Waals surface area (Å²) in [6.07, 6.45) is 2.55. The molecular weight excluding hydrogens is 250 g/mol. The first kappa shape index (κ1) is 13.6. The number of carbonyl (C=O) groups is 2. The van der Waals surface area contributed by atoms with Crippen molar-refractivity contribution in [1.82, 2.24) is 5.32 Å². The molecule has 0 spiro atoms. The third-order valence-electron chi connectivity index (χ3n) is 3.59. The lowest BCUT2D eigenvalue weighted by Gasteiger charge is -2.33. The van der Waals surface area contributed by atoms with E-state index in [4.69, 9.17) is 9.52 Å². The van der Waals surface area contributed by atoms with Gasteiger partial charge in [-0.3, -0.25) is 9.59 Å². The Hall–Kier alpha value is -1.82. The van der Waals surface area contributed by atoms with Crippen LogP contribution in [0.3, 0.4) is 0 Å². The molecule has 3 atom stereocenters. The van der Waals surface area contributed by atoms with E-state index in [2.05, 4.69) is 5.32 Å². The molecule has 0 bridgehead atoms. The molecule has 19 heavy (non-hydrogen) atoms. The SMILES string of the molecule is CC(O)(CNC(=O)C1CCC1C(=O)O)c1ccco1. The van der Waals surface area contributed by atoms with Crippen LogP contribution in [0, 0.1) is 11.8 Å². The number of aliphatic carboxylic acids is 1. The van der Waals surface area contributed by atoms with Gasteiger partial charge in [0.25, 0.3) is 0 Å². The molecule has 1 aliphatic rings. The van der Waals surface area contributed by atoms with Crippen molar-refractivity contribution < 1.29 is 24.2 Å².